The molecule has 0 bridgehead atoms. The van der Waals surface area contributed by atoms with E-state index in [1.165, 1.54) is 23.1 Å². The van der Waals surface area contributed by atoms with E-state index in [1.54, 1.807) is 30.3 Å². The minimum atomic E-state index is -1.19. The zero-order chi connectivity index (χ0) is 25.8. The second-order valence-corrected chi connectivity index (χ2v) is 9.65. The number of rotatable bonds is 8. The van der Waals surface area contributed by atoms with E-state index in [-0.39, 0.29) is 23.6 Å². The molecule has 9 heteroatoms. The van der Waals surface area contributed by atoms with Crippen molar-refractivity contribution in [3.8, 4) is 11.3 Å². The largest absolute Gasteiger partial charge is 0.480 e. The summed E-state index contributed by atoms with van der Waals surface area (Å²) in [5.41, 5.74) is 1.59. The summed E-state index contributed by atoms with van der Waals surface area (Å²) in [6, 6.07) is 20.8. The highest BCUT2D eigenvalue weighted by molar-refractivity contribution is 6.42. The number of carbonyl (C=O) groups excluding carboxylic acids is 1. The van der Waals surface area contributed by atoms with Gasteiger partial charge in [-0.15, -0.1) is 0 Å². The molecule has 184 valence electrons. The number of carboxylic acids is 1. The summed E-state index contributed by atoms with van der Waals surface area (Å²) in [7, 11) is 0. The molecule has 0 saturated carbocycles. The molecule has 1 heterocycles. The van der Waals surface area contributed by atoms with Crippen LogP contribution in [0.3, 0.4) is 0 Å². The summed E-state index contributed by atoms with van der Waals surface area (Å²) < 4.78 is 5.97. The Morgan fingerprint density at radius 1 is 0.833 bits per heavy atom. The minimum Gasteiger partial charge on any atom is -0.480 e. The molecular formula is C27H19Cl4NO4. The lowest BCUT2D eigenvalue weighted by atomic mass is 10.0. The Bertz CT molecular complexity index is 1400. The maximum atomic E-state index is 13.6. The fourth-order valence-electron chi connectivity index (χ4n) is 3.74. The van der Waals surface area contributed by atoms with Gasteiger partial charge in [0, 0.05) is 17.0 Å². The first-order valence-corrected chi connectivity index (χ1v) is 12.3. The molecule has 4 rings (SSSR count). The highest BCUT2D eigenvalue weighted by atomic mass is 35.5. The van der Waals surface area contributed by atoms with Crippen LogP contribution in [0.1, 0.15) is 21.7 Å². The minimum absolute atomic E-state index is 0.0908. The number of hydrogen-bond acceptors (Lipinski definition) is 3. The molecule has 0 radical (unpaired) electrons. The van der Waals surface area contributed by atoms with E-state index in [2.05, 4.69) is 0 Å². The molecule has 0 aliphatic carbocycles. The lowest BCUT2D eigenvalue weighted by molar-refractivity contribution is -0.142. The van der Waals surface area contributed by atoms with Crippen LogP contribution >= 0.6 is 46.4 Å². The van der Waals surface area contributed by atoms with Gasteiger partial charge in [0.1, 0.15) is 17.6 Å². The number of furan rings is 1. The zero-order valence-electron chi connectivity index (χ0n) is 18.6. The number of nitrogens with zero attached hydrogens (tertiary/aromatic N) is 1. The Balaban J connectivity index is 1.70. The molecule has 0 spiro atoms. The number of carbonyl (C=O) groups is 2. The van der Waals surface area contributed by atoms with Crippen molar-refractivity contribution in [2.45, 2.75) is 19.0 Å². The van der Waals surface area contributed by atoms with Gasteiger partial charge in [0.2, 0.25) is 0 Å². The van der Waals surface area contributed by atoms with E-state index in [9.17, 15) is 14.7 Å². The molecule has 0 saturated heterocycles. The van der Waals surface area contributed by atoms with Crippen LogP contribution in [0.2, 0.25) is 20.1 Å². The molecule has 0 unspecified atom stereocenters. The Kier molecular flexibility index (Phi) is 8.27. The highest BCUT2D eigenvalue weighted by Crippen LogP contribution is 2.31. The molecule has 1 aromatic heterocycles. The van der Waals surface area contributed by atoms with Gasteiger partial charge in [0.05, 0.1) is 27.2 Å². The predicted octanol–water partition coefficient (Wildman–Crippen LogP) is 7.90. The van der Waals surface area contributed by atoms with E-state index < -0.39 is 17.9 Å². The summed E-state index contributed by atoms with van der Waals surface area (Å²) >= 11 is 24.4. The van der Waals surface area contributed by atoms with Crippen LogP contribution in [0.5, 0.6) is 0 Å². The fourth-order valence-corrected chi connectivity index (χ4v) is 4.53. The topological polar surface area (TPSA) is 70.8 Å². The Morgan fingerprint density at radius 3 is 2.25 bits per heavy atom. The molecular weight excluding hydrogens is 544 g/mol. The van der Waals surface area contributed by atoms with Crippen molar-refractivity contribution >= 4 is 58.3 Å². The summed E-state index contributed by atoms with van der Waals surface area (Å²) in [5, 5.41) is 11.4. The van der Waals surface area contributed by atoms with Crippen molar-refractivity contribution in [1.29, 1.82) is 0 Å². The van der Waals surface area contributed by atoms with Crippen molar-refractivity contribution in [1.82, 2.24) is 4.90 Å². The summed E-state index contributed by atoms with van der Waals surface area (Å²) in [6.45, 7) is -0.108. The third-order valence-electron chi connectivity index (χ3n) is 5.55. The van der Waals surface area contributed by atoms with Crippen LogP contribution in [-0.2, 0) is 17.8 Å². The summed E-state index contributed by atoms with van der Waals surface area (Å²) in [5.74, 6) is -0.842. The van der Waals surface area contributed by atoms with Crippen LogP contribution in [-0.4, -0.2) is 27.9 Å². The number of benzene rings is 3. The summed E-state index contributed by atoms with van der Waals surface area (Å²) in [4.78, 5) is 27.3. The first-order chi connectivity index (χ1) is 17.2. The van der Waals surface area contributed by atoms with E-state index in [0.29, 0.717) is 32.2 Å². The molecule has 4 aromatic rings. The van der Waals surface area contributed by atoms with Gasteiger partial charge in [0.25, 0.3) is 5.91 Å². The third kappa shape index (κ3) is 6.05. The van der Waals surface area contributed by atoms with E-state index >= 15 is 0 Å². The number of hydrogen-bond donors (Lipinski definition) is 1. The van der Waals surface area contributed by atoms with Gasteiger partial charge in [-0.05, 0) is 54.1 Å². The lowest BCUT2D eigenvalue weighted by Crippen LogP contribution is -2.46. The molecule has 0 aliphatic rings. The van der Waals surface area contributed by atoms with Crippen molar-refractivity contribution < 1.29 is 19.1 Å². The van der Waals surface area contributed by atoms with Crippen molar-refractivity contribution in [2.75, 3.05) is 0 Å². The van der Waals surface area contributed by atoms with Crippen LogP contribution in [0.25, 0.3) is 11.3 Å². The summed E-state index contributed by atoms with van der Waals surface area (Å²) in [6.07, 6.45) is 0.0908. The molecule has 1 N–H and O–H groups in total. The molecule has 36 heavy (non-hydrogen) atoms. The van der Waals surface area contributed by atoms with Crippen molar-refractivity contribution in [3.63, 3.8) is 0 Å². The molecule has 1 atom stereocenters. The number of halogens is 4. The second kappa shape index (κ2) is 11.4. The van der Waals surface area contributed by atoms with Gasteiger partial charge in [-0.1, -0.05) is 76.7 Å². The molecule has 0 fully saturated rings. The lowest BCUT2D eigenvalue weighted by Gasteiger charge is -2.29. The molecule has 5 nitrogen and oxygen atoms in total. The Labute approximate surface area is 227 Å². The van der Waals surface area contributed by atoms with Gasteiger partial charge in [0.15, 0.2) is 0 Å². The first-order valence-electron chi connectivity index (χ1n) is 10.8. The number of aliphatic carboxylic acids is 1. The smallest absolute Gasteiger partial charge is 0.326 e. The fraction of sp³-hybridized carbons (Fsp3) is 0.111. The van der Waals surface area contributed by atoms with Crippen LogP contribution in [0, 0.1) is 0 Å². The predicted molar refractivity (Wildman–Crippen MR) is 142 cm³/mol. The first kappa shape index (κ1) is 26.1. The highest BCUT2D eigenvalue weighted by Gasteiger charge is 2.32. The second-order valence-electron chi connectivity index (χ2n) is 8.00. The average Bonchev–Trinajstić information content (AvgIpc) is 3.32. The third-order valence-corrected chi connectivity index (χ3v) is 6.83. The maximum absolute atomic E-state index is 13.6. The van der Waals surface area contributed by atoms with Gasteiger partial charge in [-0.3, -0.25) is 4.79 Å². The number of amides is 1. The van der Waals surface area contributed by atoms with Gasteiger partial charge >= 0.3 is 5.97 Å². The average molecular weight is 563 g/mol. The van der Waals surface area contributed by atoms with E-state index in [1.807, 2.05) is 30.3 Å². The van der Waals surface area contributed by atoms with Crippen molar-refractivity contribution in [3.05, 3.63) is 116 Å². The van der Waals surface area contributed by atoms with Crippen LogP contribution in [0.15, 0.2) is 83.3 Å². The van der Waals surface area contributed by atoms with Gasteiger partial charge in [-0.2, -0.15) is 0 Å². The standard InChI is InChI=1S/C27H19Cl4NO4/c28-18-7-9-20(22(30)14-18)26(33)32(24(27(34)35)12-16-4-2-1-3-5-16)15-19-8-11-25(36-19)17-6-10-21(29)23(31)13-17/h1-11,13-14,24H,12,15H2,(H,34,35)/t24-/m0/s1. The molecule has 1 amide bonds. The Hall–Kier alpha value is -2.96. The van der Waals surface area contributed by atoms with Crippen molar-refractivity contribution in [2.24, 2.45) is 0 Å². The molecule has 0 aliphatic heterocycles. The normalized spacial score (nSPS) is 11.8. The quantitative estimate of drug-likeness (QED) is 0.237. The van der Waals surface area contributed by atoms with Gasteiger partial charge < -0.3 is 14.4 Å². The number of carboxylic acid groups (broad SMARTS) is 1. The monoisotopic (exact) mass is 561 g/mol. The molecule has 3 aromatic carbocycles. The van der Waals surface area contributed by atoms with Crippen LogP contribution in [0.4, 0.5) is 0 Å². The van der Waals surface area contributed by atoms with E-state index in [0.717, 1.165) is 5.56 Å². The van der Waals surface area contributed by atoms with E-state index in [4.69, 9.17) is 50.8 Å². The SMILES string of the molecule is O=C(O)[C@H](Cc1ccccc1)N(Cc1ccc(-c2ccc(Cl)c(Cl)c2)o1)C(=O)c1ccc(Cl)cc1Cl. The zero-order valence-corrected chi connectivity index (χ0v) is 21.7. The Morgan fingerprint density at radius 2 is 1.58 bits per heavy atom. The van der Waals surface area contributed by atoms with Gasteiger partial charge in [-0.25, -0.2) is 4.79 Å². The maximum Gasteiger partial charge on any atom is 0.326 e. The van der Waals surface area contributed by atoms with Crippen LogP contribution < -0.4 is 0 Å².